The molecule has 0 radical (unpaired) electrons. The van der Waals surface area contributed by atoms with Gasteiger partial charge in [-0.3, -0.25) is 24.2 Å². The topological polar surface area (TPSA) is 261 Å². The average molecular weight is 495 g/mol. The summed E-state index contributed by atoms with van der Waals surface area (Å²) in [5.41, 5.74) is 22.4. The zero-order valence-electron chi connectivity index (χ0n) is 19.2. The fraction of sp³-hybridized carbons (Fsp3) is 0.476. The van der Waals surface area contributed by atoms with Crippen molar-refractivity contribution in [1.82, 2.24) is 16.0 Å². The normalized spacial score (nSPS) is 14.0. The van der Waals surface area contributed by atoms with Crippen LogP contribution in [0.5, 0.6) is 0 Å². The number of hydrogen-bond donors (Lipinski definition) is 9. The number of carbonyl (C=O) groups is 4. The van der Waals surface area contributed by atoms with E-state index >= 15 is 0 Å². The number of nitrogens with two attached hydrogens (primary N) is 4. The molecule has 0 aliphatic rings. The van der Waals surface area contributed by atoms with Crippen molar-refractivity contribution in [2.75, 3.05) is 19.8 Å². The van der Waals surface area contributed by atoms with Crippen molar-refractivity contribution >= 4 is 29.6 Å². The van der Waals surface area contributed by atoms with Gasteiger partial charge in [0.15, 0.2) is 5.96 Å². The first-order valence-corrected chi connectivity index (χ1v) is 10.9. The number of primary amides is 1. The van der Waals surface area contributed by atoms with Gasteiger partial charge in [0.25, 0.3) is 0 Å². The molecule has 14 nitrogen and oxygen atoms in total. The molecule has 0 aliphatic heterocycles. The number of aliphatic hydroxyl groups excluding tert-OH is 2. The lowest BCUT2D eigenvalue weighted by molar-refractivity contribution is -0.134. The lowest BCUT2D eigenvalue weighted by Gasteiger charge is -2.23. The van der Waals surface area contributed by atoms with Gasteiger partial charge in [0.2, 0.25) is 23.6 Å². The first kappa shape index (κ1) is 29.3. The number of aliphatic imine (C=N–C) groups is 1. The monoisotopic (exact) mass is 494 g/mol. The molecule has 0 saturated carbocycles. The van der Waals surface area contributed by atoms with E-state index in [0.717, 1.165) is 5.56 Å². The molecule has 0 aromatic heterocycles. The number of aliphatic hydroxyl groups is 2. The second-order valence-electron chi connectivity index (χ2n) is 7.70. The third-order valence-corrected chi connectivity index (χ3v) is 4.87. The molecule has 0 heterocycles. The molecule has 1 rings (SSSR count). The van der Waals surface area contributed by atoms with E-state index in [1.54, 1.807) is 24.3 Å². The van der Waals surface area contributed by atoms with Crippen LogP contribution < -0.4 is 38.9 Å². The Morgan fingerprint density at radius 2 is 1.34 bits per heavy atom. The molecule has 14 heteroatoms. The molecule has 0 fully saturated rings. The first-order chi connectivity index (χ1) is 16.6. The van der Waals surface area contributed by atoms with Gasteiger partial charge >= 0.3 is 0 Å². The molecule has 1 aromatic carbocycles. The minimum Gasteiger partial charge on any atom is -0.394 e. The number of nitrogens with zero attached hydrogens (tertiary/aromatic N) is 1. The van der Waals surface area contributed by atoms with E-state index in [0.29, 0.717) is 6.42 Å². The Labute approximate surface area is 202 Å². The summed E-state index contributed by atoms with van der Waals surface area (Å²) < 4.78 is 0. The molecule has 194 valence electrons. The molecule has 35 heavy (non-hydrogen) atoms. The highest BCUT2D eigenvalue weighted by molar-refractivity contribution is 5.94. The minimum absolute atomic E-state index is 0.110. The van der Waals surface area contributed by atoms with Crippen LogP contribution in [-0.2, 0) is 25.6 Å². The van der Waals surface area contributed by atoms with Crippen molar-refractivity contribution in [2.45, 2.75) is 43.4 Å². The van der Waals surface area contributed by atoms with Crippen LogP contribution in [-0.4, -0.2) is 83.7 Å². The Hall–Kier alpha value is -3.75. The quantitative estimate of drug-likeness (QED) is 0.0645. The third-order valence-electron chi connectivity index (χ3n) is 4.87. The van der Waals surface area contributed by atoms with Gasteiger partial charge in [-0.2, -0.15) is 0 Å². The standard InChI is InChI=1S/C21H34N8O6/c22-13(9-12-5-2-1-3-6-12)18(33)28-15(10-30)20(35)29-16(11-31)19(34)27-14(17(23)32)7-4-8-26-21(24)25/h1-3,5-6,13-16,30-31H,4,7-11,22H2,(H2,23,32)(H,27,34)(H,28,33)(H,29,35)(H4,24,25,26)/t13-,14-,15-,16-/m0/s1. The highest BCUT2D eigenvalue weighted by Crippen LogP contribution is 2.03. The minimum atomic E-state index is -1.48. The molecule has 1 aromatic rings. The van der Waals surface area contributed by atoms with Gasteiger partial charge in [0, 0.05) is 6.54 Å². The Morgan fingerprint density at radius 1 is 0.829 bits per heavy atom. The van der Waals surface area contributed by atoms with Crippen molar-refractivity contribution in [2.24, 2.45) is 27.9 Å². The summed E-state index contributed by atoms with van der Waals surface area (Å²) in [5.74, 6) is -3.48. The fourth-order valence-corrected chi connectivity index (χ4v) is 2.96. The smallest absolute Gasteiger partial charge is 0.245 e. The molecule has 13 N–H and O–H groups in total. The van der Waals surface area contributed by atoms with E-state index in [1.807, 2.05) is 6.07 Å². The summed E-state index contributed by atoms with van der Waals surface area (Å²) in [7, 11) is 0. The first-order valence-electron chi connectivity index (χ1n) is 10.9. The lowest BCUT2D eigenvalue weighted by Crippen LogP contribution is -2.59. The number of nitrogens with one attached hydrogen (secondary N) is 3. The van der Waals surface area contributed by atoms with Gasteiger partial charge in [-0.15, -0.1) is 0 Å². The van der Waals surface area contributed by atoms with Gasteiger partial charge in [0.05, 0.1) is 19.3 Å². The SMILES string of the molecule is NC(=O)[C@H](CCCN=C(N)N)NC(=O)[C@H](CO)NC(=O)[C@H](CO)NC(=O)[C@@H](N)Cc1ccccc1. The molecule has 0 aliphatic carbocycles. The fourth-order valence-electron chi connectivity index (χ4n) is 2.96. The molecular formula is C21H34N8O6. The van der Waals surface area contributed by atoms with Gasteiger partial charge in [-0.05, 0) is 24.8 Å². The van der Waals surface area contributed by atoms with Crippen LogP contribution in [0.2, 0.25) is 0 Å². The maximum atomic E-state index is 12.5. The van der Waals surface area contributed by atoms with Crippen molar-refractivity contribution in [3.05, 3.63) is 35.9 Å². The summed E-state index contributed by atoms with van der Waals surface area (Å²) >= 11 is 0. The highest BCUT2D eigenvalue weighted by Gasteiger charge is 2.29. The summed E-state index contributed by atoms with van der Waals surface area (Å²) in [6.07, 6.45) is 0.633. The average Bonchev–Trinajstić information content (AvgIpc) is 2.82. The molecule has 0 bridgehead atoms. The second kappa shape index (κ2) is 15.2. The number of carbonyl (C=O) groups excluding carboxylic acids is 4. The van der Waals surface area contributed by atoms with Crippen molar-refractivity contribution in [1.29, 1.82) is 0 Å². The van der Waals surface area contributed by atoms with E-state index < -0.39 is 61.0 Å². The molecular weight excluding hydrogens is 460 g/mol. The number of hydrogen-bond acceptors (Lipinski definition) is 8. The Balaban J connectivity index is 2.68. The van der Waals surface area contributed by atoms with Crippen LogP contribution in [0.3, 0.4) is 0 Å². The van der Waals surface area contributed by atoms with E-state index in [4.69, 9.17) is 22.9 Å². The summed E-state index contributed by atoms with van der Waals surface area (Å²) in [4.78, 5) is 52.8. The Bertz CT molecular complexity index is 878. The van der Waals surface area contributed by atoms with Crippen LogP contribution in [0, 0.1) is 0 Å². The molecule has 4 atom stereocenters. The van der Waals surface area contributed by atoms with Gasteiger partial charge in [0.1, 0.15) is 18.1 Å². The van der Waals surface area contributed by atoms with Gasteiger partial charge < -0.3 is 49.1 Å². The number of guanidine groups is 1. The van der Waals surface area contributed by atoms with Crippen LogP contribution in [0.25, 0.3) is 0 Å². The molecule has 0 spiro atoms. The summed E-state index contributed by atoms with van der Waals surface area (Å²) in [6, 6.07) is 3.95. The molecule has 4 amide bonds. The second-order valence-corrected chi connectivity index (χ2v) is 7.70. The summed E-state index contributed by atoms with van der Waals surface area (Å²) in [5, 5.41) is 26.0. The van der Waals surface area contributed by atoms with Crippen LogP contribution >= 0.6 is 0 Å². The largest absolute Gasteiger partial charge is 0.394 e. The maximum absolute atomic E-state index is 12.5. The van der Waals surface area contributed by atoms with Crippen molar-refractivity contribution < 1.29 is 29.4 Å². The van der Waals surface area contributed by atoms with E-state index in [2.05, 4.69) is 20.9 Å². The lowest BCUT2D eigenvalue weighted by atomic mass is 10.1. The van der Waals surface area contributed by atoms with Crippen LogP contribution in [0.1, 0.15) is 18.4 Å². The zero-order chi connectivity index (χ0) is 26.4. The van der Waals surface area contributed by atoms with E-state index in [1.165, 1.54) is 0 Å². The number of rotatable bonds is 15. The predicted molar refractivity (Wildman–Crippen MR) is 127 cm³/mol. The molecule has 0 unspecified atom stereocenters. The highest BCUT2D eigenvalue weighted by atomic mass is 16.3. The van der Waals surface area contributed by atoms with Crippen LogP contribution in [0.15, 0.2) is 35.3 Å². The van der Waals surface area contributed by atoms with E-state index in [-0.39, 0.29) is 25.3 Å². The summed E-state index contributed by atoms with van der Waals surface area (Å²) in [6.45, 7) is -1.41. The Morgan fingerprint density at radius 3 is 1.83 bits per heavy atom. The number of amides is 4. The van der Waals surface area contributed by atoms with Crippen molar-refractivity contribution in [3.63, 3.8) is 0 Å². The van der Waals surface area contributed by atoms with Crippen molar-refractivity contribution in [3.8, 4) is 0 Å². The third kappa shape index (κ3) is 10.8. The van der Waals surface area contributed by atoms with Gasteiger partial charge in [-0.25, -0.2) is 0 Å². The Kier molecular flexibility index (Phi) is 12.7. The zero-order valence-corrected chi connectivity index (χ0v) is 19.2. The van der Waals surface area contributed by atoms with E-state index in [9.17, 15) is 29.4 Å². The predicted octanol–water partition coefficient (Wildman–Crippen LogP) is -4.47. The van der Waals surface area contributed by atoms with Gasteiger partial charge in [-0.1, -0.05) is 30.3 Å². The molecule has 0 saturated heterocycles. The maximum Gasteiger partial charge on any atom is 0.245 e. The van der Waals surface area contributed by atoms with Crippen LogP contribution in [0.4, 0.5) is 0 Å². The number of benzene rings is 1.